The second kappa shape index (κ2) is 4.80. The minimum Gasteiger partial charge on any atom is -0.349 e. The molecule has 2 nitrogen and oxygen atoms in total. The predicted molar refractivity (Wildman–Crippen MR) is 61.3 cm³/mol. The largest absolute Gasteiger partial charge is 0.349 e. The van der Waals surface area contributed by atoms with Crippen LogP contribution >= 0.6 is 22.9 Å². The summed E-state index contributed by atoms with van der Waals surface area (Å²) in [4.78, 5) is 12.3. The molecule has 1 heterocycles. The summed E-state index contributed by atoms with van der Waals surface area (Å²) in [5.41, 5.74) is 0.964. The Labute approximate surface area is 93.3 Å². The third-order valence-electron chi connectivity index (χ3n) is 2.10. The van der Waals surface area contributed by atoms with E-state index in [2.05, 4.69) is 5.32 Å². The van der Waals surface area contributed by atoms with E-state index in [1.165, 1.54) is 11.3 Å². The first-order valence-electron chi connectivity index (χ1n) is 4.60. The molecule has 0 aliphatic rings. The van der Waals surface area contributed by atoms with Crippen LogP contribution in [0.1, 0.15) is 35.5 Å². The van der Waals surface area contributed by atoms with E-state index in [0.717, 1.165) is 12.0 Å². The zero-order valence-electron chi connectivity index (χ0n) is 8.56. The highest BCUT2D eigenvalue weighted by atomic mass is 35.5. The Hall–Kier alpha value is -0.540. The maximum atomic E-state index is 11.7. The highest BCUT2D eigenvalue weighted by Gasteiger charge is 2.15. The lowest BCUT2D eigenvalue weighted by atomic mass is 10.2. The maximum absolute atomic E-state index is 11.7. The van der Waals surface area contributed by atoms with E-state index in [1.54, 1.807) is 0 Å². The van der Waals surface area contributed by atoms with Gasteiger partial charge in [-0.3, -0.25) is 4.79 Å². The number of hydrogen-bond acceptors (Lipinski definition) is 2. The van der Waals surface area contributed by atoms with Gasteiger partial charge in [-0.2, -0.15) is 0 Å². The number of halogens is 1. The molecule has 0 aromatic carbocycles. The number of rotatable bonds is 3. The molecule has 1 N–H and O–H groups in total. The standard InChI is InChI=1S/C10H14ClNOS/c1-4-7(3)12-10(13)9-8(11)6(2)5-14-9/h5,7H,4H2,1-3H3,(H,12,13). The Morgan fingerprint density at radius 3 is 2.79 bits per heavy atom. The number of thiophene rings is 1. The van der Waals surface area contributed by atoms with Gasteiger partial charge in [0.25, 0.3) is 5.91 Å². The molecule has 14 heavy (non-hydrogen) atoms. The minimum atomic E-state index is -0.0672. The van der Waals surface area contributed by atoms with Crippen LogP contribution in [0.5, 0.6) is 0 Å². The van der Waals surface area contributed by atoms with Crippen LogP contribution in [0.4, 0.5) is 0 Å². The van der Waals surface area contributed by atoms with E-state index in [1.807, 2.05) is 26.2 Å². The normalized spacial score (nSPS) is 12.6. The number of amides is 1. The van der Waals surface area contributed by atoms with E-state index in [0.29, 0.717) is 9.90 Å². The fourth-order valence-corrected chi connectivity index (χ4v) is 2.16. The Kier molecular flexibility index (Phi) is 3.96. The number of carbonyl (C=O) groups is 1. The summed E-state index contributed by atoms with van der Waals surface area (Å²) in [5.74, 6) is -0.0672. The Morgan fingerprint density at radius 1 is 1.71 bits per heavy atom. The molecule has 1 rings (SSSR count). The molecule has 0 saturated heterocycles. The van der Waals surface area contributed by atoms with Gasteiger partial charge in [-0.1, -0.05) is 18.5 Å². The third kappa shape index (κ3) is 2.49. The van der Waals surface area contributed by atoms with Crippen molar-refractivity contribution in [1.29, 1.82) is 0 Å². The number of aryl methyl sites for hydroxylation is 1. The second-order valence-corrected chi connectivity index (χ2v) is 4.60. The van der Waals surface area contributed by atoms with Crippen LogP contribution in [0.15, 0.2) is 5.38 Å². The van der Waals surface area contributed by atoms with E-state index < -0.39 is 0 Å². The summed E-state index contributed by atoms with van der Waals surface area (Å²) in [5, 5.41) is 5.36. The van der Waals surface area contributed by atoms with Crippen molar-refractivity contribution in [3.05, 3.63) is 20.8 Å². The first-order chi connectivity index (χ1) is 6.56. The molecule has 0 aliphatic carbocycles. The second-order valence-electron chi connectivity index (χ2n) is 3.34. The van der Waals surface area contributed by atoms with Gasteiger partial charge in [-0.05, 0) is 31.2 Å². The molecule has 0 spiro atoms. The average molecular weight is 232 g/mol. The topological polar surface area (TPSA) is 29.1 Å². The Morgan fingerprint density at radius 2 is 2.36 bits per heavy atom. The van der Waals surface area contributed by atoms with Crippen LogP contribution in [-0.2, 0) is 0 Å². The van der Waals surface area contributed by atoms with Gasteiger partial charge in [0.15, 0.2) is 0 Å². The van der Waals surface area contributed by atoms with Gasteiger partial charge in [0.05, 0.1) is 5.02 Å². The molecule has 0 bridgehead atoms. The lowest BCUT2D eigenvalue weighted by Gasteiger charge is -2.10. The minimum absolute atomic E-state index is 0.0672. The molecule has 1 amide bonds. The van der Waals surface area contributed by atoms with Gasteiger partial charge in [-0.25, -0.2) is 0 Å². The van der Waals surface area contributed by atoms with Gasteiger partial charge >= 0.3 is 0 Å². The molecule has 0 aliphatic heterocycles. The molecule has 4 heteroatoms. The first-order valence-corrected chi connectivity index (χ1v) is 5.86. The fourth-order valence-electron chi connectivity index (χ4n) is 0.974. The number of carbonyl (C=O) groups excluding carboxylic acids is 1. The summed E-state index contributed by atoms with van der Waals surface area (Å²) in [6.07, 6.45) is 0.924. The van der Waals surface area contributed by atoms with Gasteiger partial charge in [0.1, 0.15) is 4.88 Å². The molecule has 1 atom stereocenters. The van der Waals surface area contributed by atoms with Crippen molar-refractivity contribution in [2.45, 2.75) is 33.2 Å². The molecule has 1 aromatic heterocycles. The number of hydrogen-bond donors (Lipinski definition) is 1. The van der Waals surface area contributed by atoms with Crippen LogP contribution in [0, 0.1) is 6.92 Å². The van der Waals surface area contributed by atoms with Gasteiger partial charge in [0, 0.05) is 6.04 Å². The first kappa shape index (κ1) is 11.5. The lowest BCUT2D eigenvalue weighted by Crippen LogP contribution is -2.31. The molecular formula is C10H14ClNOS. The van der Waals surface area contributed by atoms with E-state index >= 15 is 0 Å². The molecule has 1 aromatic rings. The van der Waals surface area contributed by atoms with Crippen molar-refractivity contribution >= 4 is 28.8 Å². The van der Waals surface area contributed by atoms with E-state index in [9.17, 15) is 4.79 Å². The van der Waals surface area contributed by atoms with E-state index in [4.69, 9.17) is 11.6 Å². The summed E-state index contributed by atoms with van der Waals surface area (Å²) in [7, 11) is 0. The number of nitrogens with one attached hydrogen (secondary N) is 1. The SMILES string of the molecule is CCC(C)NC(=O)c1scc(C)c1Cl. The van der Waals surface area contributed by atoms with Gasteiger partial charge in [-0.15, -0.1) is 11.3 Å². The van der Waals surface area contributed by atoms with Crippen molar-refractivity contribution in [3.8, 4) is 0 Å². The molecule has 1 unspecified atom stereocenters. The zero-order valence-corrected chi connectivity index (χ0v) is 10.1. The zero-order chi connectivity index (χ0) is 10.7. The lowest BCUT2D eigenvalue weighted by molar-refractivity contribution is 0.0943. The van der Waals surface area contributed by atoms with Gasteiger partial charge < -0.3 is 5.32 Å². The maximum Gasteiger partial charge on any atom is 0.263 e. The molecule has 0 fully saturated rings. The van der Waals surface area contributed by atoms with Crippen LogP contribution < -0.4 is 5.32 Å². The summed E-state index contributed by atoms with van der Waals surface area (Å²) < 4.78 is 0. The molecule has 0 saturated carbocycles. The van der Waals surface area contributed by atoms with E-state index in [-0.39, 0.29) is 11.9 Å². The molecule has 78 valence electrons. The quantitative estimate of drug-likeness (QED) is 0.850. The van der Waals surface area contributed by atoms with Gasteiger partial charge in [0.2, 0.25) is 0 Å². The van der Waals surface area contributed by atoms with Crippen LogP contribution in [0.2, 0.25) is 5.02 Å². The highest BCUT2D eigenvalue weighted by molar-refractivity contribution is 7.13. The summed E-state index contributed by atoms with van der Waals surface area (Å²) >= 11 is 7.37. The molecule has 0 radical (unpaired) electrons. The summed E-state index contributed by atoms with van der Waals surface area (Å²) in [6, 6.07) is 0.195. The van der Waals surface area contributed by atoms with Crippen molar-refractivity contribution in [1.82, 2.24) is 5.32 Å². The van der Waals surface area contributed by atoms with Crippen LogP contribution in [0.25, 0.3) is 0 Å². The van der Waals surface area contributed by atoms with Crippen molar-refractivity contribution < 1.29 is 4.79 Å². The Balaban J connectivity index is 2.75. The molecular weight excluding hydrogens is 218 g/mol. The Bertz CT molecular complexity index is 335. The third-order valence-corrected chi connectivity index (χ3v) is 3.79. The van der Waals surface area contributed by atoms with Crippen molar-refractivity contribution in [2.24, 2.45) is 0 Å². The highest BCUT2D eigenvalue weighted by Crippen LogP contribution is 2.26. The fraction of sp³-hybridized carbons (Fsp3) is 0.500. The van der Waals surface area contributed by atoms with Crippen LogP contribution in [0.3, 0.4) is 0 Å². The van der Waals surface area contributed by atoms with Crippen LogP contribution in [-0.4, -0.2) is 11.9 Å². The monoisotopic (exact) mass is 231 g/mol. The predicted octanol–water partition coefficient (Wildman–Crippen LogP) is 3.24. The average Bonchev–Trinajstić information content (AvgIpc) is 2.47. The summed E-state index contributed by atoms with van der Waals surface area (Å²) in [6.45, 7) is 5.91. The van der Waals surface area contributed by atoms with Crippen molar-refractivity contribution in [2.75, 3.05) is 0 Å². The van der Waals surface area contributed by atoms with Crippen molar-refractivity contribution in [3.63, 3.8) is 0 Å². The smallest absolute Gasteiger partial charge is 0.263 e.